The van der Waals surface area contributed by atoms with Crippen LogP contribution in [-0.4, -0.2) is 28.6 Å². The van der Waals surface area contributed by atoms with Crippen LogP contribution in [0, 0.1) is 13.8 Å². The number of aromatic nitrogens is 4. The van der Waals surface area contributed by atoms with Crippen LogP contribution in [0.1, 0.15) is 11.4 Å². The lowest BCUT2D eigenvalue weighted by molar-refractivity contribution is 0.600. The zero-order valence-corrected chi connectivity index (χ0v) is 11.1. The van der Waals surface area contributed by atoms with Crippen molar-refractivity contribution < 1.29 is 8.42 Å². The van der Waals surface area contributed by atoms with Gasteiger partial charge < -0.3 is 5.73 Å². The highest BCUT2D eigenvalue weighted by atomic mass is 32.2. The molecule has 3 N–H and O–H groups in total. The van der Waals surface area contributed by atoms with Crippen molar-refractivity contribution in [3.63, 3.8) is 0 Å². The topological polar surface area (TPSA) is 124 Å². The molecule has 100 valence electrons. The van der Waals surface area contributed by atoms with Gasteiger partial charge >= 0.3 is 0 Å². The number of rotatable bonds is 3. The molecule has 0 saturated carbocycles. The summed E-state index contributed by atoms with van der Waals surface area (Å²) in [6.45, 7) is 3.45. The Hall–Kier alpha value is -2.29. The van der Waals surface area contributed by atoms with E-state index in [0.717, 1.165) is 6.20 Å². The van der Waals surface area contributed by atoms with Crippen molar-refractivity contribution in [3.8, 4) is 0 Å². The molecule has 2 aromatic rings. The Morgan fingerprint density at radius 1 is 1.16 bits per heavy atom. The van der Waals surface area contributed by atoms with E-state index in [4.69, 9.17) is 5.73 Å². The lowest BCUT2D eigenvalue weighted by atomic mass is 10.4. The van der Waals surface area contributed by atoms with Gasteiger partial charge in [0.2, 0.25) is 0 Å². The van der Waals surface area contributed by atoms with E-state index in [1.807, 2.05) is 0 Å². The number of anilines is 2. The number of hydrogen-bond donors (Lipinski definition) is 2. The second kappa shape index (κ2) is 4.76. The van der Waals surface area contributed by atoms with Crippen LogP contribution in [0.25, 0.3) is 0 Å². The van der Waals surface area contributed by atoms with E-state index in [-0.39, 0.29) is 16.7 Å². The van der Waals surface area contributed by atoms with Crippen LogP contribution in [0.4, 0.5) is 11.8 Å². The molecule has 0 bridgehead atoms. The minimum atomic E-state index is -3.79. The van der Waals surface area contributed by atoms with E-state index in [0.29, 0.717) is 11.4 Å². The van der Waals surface area contributed by atoms with Crippen LogP contribution in [0.3, 0.4) is 0 Å². The third-order valence-corrected chi connectivity index (χ3v) is 3.70. The van der Waals surface area contributed by atoms with Crippen molar-refractivity contribution in [2.24, 2.45) is 0 Å². The number of pyridine rings is 1. The van der Waals surface area contributed by atoms with E-state index in [1.54, 1.807) is 13.8 Å². The molecular formula is C10H12N6O2S. The standard InChI is InChI=1S/C10H12N6O2S/c1-6-7(2)14-15-10(13-6)16-19(17,18)8-3-4-9(11)12-5-8/h3-5H,1-2H3,(H2,11,12)(H,13,15,16). The average Bonchev–Trinajstić information content (AvgIpc) is 2.34. The fourth-order valence-electron chi connectivity index (χ4n) is 1.23. The van der Waals surface area contributed by atoms with Gasteiger partial charge in [0.25, 0.3) is 16.0 Å². The zero-order valence-electron chi connectivity index (χ0n) is 10.3. The summed E-state index contributed by atoms with van der Waals surface area (Å²) >= 11 is 0. The molecule has 0 radical (unpaired) electrons. The van der Waals surface area contributed by atoms with Crippen molar-refractivity contribution in [1.82, 2.24) is 20.2 Å². The van der Waals surface area contributed by atoms with Crippen LogP contribution < -0.4 is 10.5 Å². The predicted molar refractivity (Wildman–Crippen MR) is 68.8 cm³/mol. The summed E-state index contributed by atoms with van der Waals surface area (Å²) in [4.78, 5) is 7.69. The molecule has 0 spiro atoms. The summed E-state index contributed by atoms with van der Waals surface area (Å²) in [6.07, 6.45) is 1.16. The van der Waals surface area contributed by atoms with Gasteiger partial charge in [0.05, 0.1) is 11.4 Å². The van der Waals surface area contributed by atoms with Crippen molar-refractivity contribution in [2.75, 3.05) is 10.5 Å². The predicted octanol–water partition coefficient (Wildman–Crippen LogP) is 0.266. The van der Waals surface area contributed by atoms with Gasteiger partial charge in [-0.05, 0) is 26.0 Å². The van der Waals surface area contributed by atoms with Gasteiger partial charge in [-0.25, -0.2) is 23.1 Å². The highest BCUT2D eigenvalue weighted by Crippen LogP contribution is 2.13. The molecule has 0 aliphatic heterocycles. The van der Waals surface area contributed by atoms with Crippen molar-refractivity contribution in [3.05, 3.63) is 29.7 Å². The fourth-order valence-corrected chi connectivity index (χ4v) is 2.11. The summed E-state index contributed by atoms with van der Waals surface area (Å²) in [7, 11) is -3.79. The summed E-state index contributed by atoms with van der Waals surface area (Å²) in [6, 6.07) is 2.74. The summed E-state index contributed by atoms with van der Waals surface area (Å²) in [5.41, 5.74) is 6.63. The van der Waals surface area contributed by atoms with Crippen LogP contribution in [0.15, 0.2) is 23.2 Å². The van der Waals surface area contributed by atoms with E-state index in [2.05, 4.69) is 24.9 Å². The quantitative estimate of drug-likeness (QED) is 0.826. The second-order valence-corrected chi connectivity index (χ2v) is 5.51. The maximum Gasteiger partial charge on any atom is 0.265 e. The maximum atomic E-state index is 12.0. The first-order valence-corrected chi connectivity index (χ1v) is 6.79. The van der Waals surface area contributed by atoms with Gasteiger partial charge in [0.1, 0.15) is 10.7 Å². The number of aryl methyl sites for hydroxylation is 2. The maximum absolute atomic E-state index is 12.0. The number of nitrogens with zero attached hydrogens (tertiary/aromatic N) is 4. The first-order valence-electron chi connectivity index (χ1n) is 5.31. The summed E-state index contributed by atoms with van der Waals surface area (Å²) in [5.74, 6) is 0.156. The Kier molecular flexibility index (Phi) is 3.30. The Morgan fingerprint density at radius 2 is 1.89 bits per heavy atom. The third-order valence-electron chi connectivity index (χ3n) is 2.39. The van der Waals surface area contributed by atoms with Gasteiger partial charge in [0, 0.05) is 6.20 Å². The molecule has 2 aromatic heterocycles. The fraction of sp³-hybridized carbons (Fsp3) is 0.200. The van der Waals surface area contributed by atoms with Crippen LogP contribution in [0.5, 0.6) is 0 Å². The van der Waals surface area contributed by atoms with Crippen LogP contribution in [0.2, 0.25) is 0 Å². The van der Waals surface area contributed by atoms with Crippen molar-refractivity contribution in [1.29, 1.82) is 0 Å². The molecule has 0 amide bonds. The monoisotopic (exact) mass is 280 g/mol. The molecule has 8 nitrogen and oxygen atoms in total. The molecule has 0 unspecified atom stereocenters. The van der Waals surface area contributed by atoms with Crippen LogP contribution >= 0.6 is 0 Å². The van der Waals surface area contributed by atoms with E-state index >= 15 is 0 Å². The number of nitrogens with two attached hydrogens (primary N) is 1. The molecule has 2 heterocycles. The Bertz CT molecular complexity index is 698. The molecule has 2 rings (SSSR count). The Morgan fingerprint density at radius 3 is 2.47 bits per heavy atom. The number of hydrogen-bond acceptors (Lipinski definition) is 7. The molecule has 9 heteroatoms. The molecule has 0 saturated heterocycles. The lowest BCUT2D eigenvalue weighted by Crippen LogP contribution is -2.16. The number of sulfonamides is 1. The molecular weight excluding hydrogens is 268 g/mol. The van der Waals surface area contributed by atoms with Gasteiger partial charge in [0.15, 0.2) is 0 Å². The third kappa shape index (κ3) is 2.94. The first kappa shape index (κ1) is 13.1. The Balaban J connectivity index is 2.30. The normalized spacial score (nSPS) is 11.3. The van der Waals surface area contributed by atoms with Crippen molar-refractivity contribution in [2.45, 2.75) is 18.7 Å². The first-order chi connectivity index (χ1) is 8.88. The smallest absolute Gasteiger partial charge is 0.265 e. The highest BCUT2D eigenvalue weighted by molar-refractivity contribution is 7.92. The van der Waals surface area contributed by atoms with Crippen molar-refractivity contribution >= 4 is 21.8 Å². The van der Waals surface area contributed by atoms with Gasteiger partial charge in [-0.3, -0.25) is 0 Å². The molecule has 0 aliphatic rings. The van der Waals surface area contributed by atoms with E-state index in [1.165, 1.54) is 12.1 Å². The molecule has 0 aromatic carbocycles. The molecule has 0 fully saturated rings. The van der Waals surface area contributed by atoms with Gasteiger partial charge in [-0.15, -0.1) is 5.10 Å². The molecule has 0 atom stereocenters. The Labute approximate surface area is 110 Å². The molecule has 0 aliphatic carbocycles. The van der Waals surface area contributed by atoms with E-state index in [9.17, 15) is 8.42 Å². The zero-order chi connectivity index (χ0) is 14.0. The largest absolute Gasteiger partial charge is 0.384 e. The number of nitrogens with one attached hydrogen (secondary N) is 1. The molecule has 19 heavy (non-hydrogen) atoms. The van der Waals surface area contributed by atoms with Gasteiger partial charge in [-0.1, -0.05) is 0 Å². The minimum absolute atomic E-state index is 0.0245. The SMILES string of the molecule is Cc1nnc(NS(=O)(=O)c2ccc(N)nc2)nc1C. The average molecular weight is 280 g/mol. The van der Waals surface area contributed by atoms with Gasteiger partial charge in [-0.2, -0.15) is 5.10 Å². The van der Waals surface area contributed by atoms with E-state index < -0.39 is 10.0 Å². The van der Waals surface area contributed by atoms with Crippen LogP contribution in [-0.2, 0) is 10.0 Å². The summed E-state index contributed by atoms with van der Waals surface area (Å²) in [5, 5.41) is 7.47. The highest BCUT2D eigenvalue weighted by Gasteiger charge is 2.16. The lowest BCUT2D eigenvalue weighted by Gasteiger charge is -2.06. The second-order valence-electron chi connectivity index (χ2n) is 3.83. The number of nitrogen functional groups attached to an aromatic ring is 1. The summed E-state index contributed by atoms with van der Waals surface area (Å²) < 4.78 is 26.2. The minimum Gasteiger partial charge on any atom is -0.384 e.